The Morgan fingerprint density at radius 2 is 1.83 bits per heavy atom. The van der Waals surface area contributed by atoms with Crippen molar-refractivity contribution in [1.82, 2.24) is 15.1 Å². The van der Waals surface area contributed by atoms with Crippen LogP contribution in [0.15, 0.2) is 54.6 Å². The van der Waals surface area contributed by atoms with E-state index >= 15 is 0 Å². The van der Waals surface area contributed by atoms with Gasteiger partial charge in [0.05, 0.1) is 17.9 Å². The maximum atomic E-state index is 13.2. The van der Waals surface area contributed by atoms with Crippen LogP contribution in [0.3, 0.4) is 0 Å². The van der Waals surface area contributed by atoms with Crippen molar-refractivity contribution in [3.8, 4) is 5.69 Å². The third kappa shape index (κ3) is 4.71. The van der Waals surface area contributed by atoms with E-state index < -0.39 is 0 Å². The van der Waals surface area contributed by atoms with Crippen molar-refractivity contribution in [2.75, 3.05) is 11.9 Å². The fourth-order valence-corrected chi connectivity index (χ4v) is 3.52. The zero-order valence-corrected chi connectivity index (χ0v) is 16.7. The van der Waals surface area contributed by atoms with Gasteiger partial charge in [-0.3, -0.25) is 4.79 Å². The van der Waals surface area contributed by atoms with Crippen molar-refractivity contribution >= 4 is 11.7 Å². The van der Waals surface area contributed by atoms with Crippen LogP contribution in [-0.4, -0.2) is 22.2 Å². The minimum atomic E-state index is -0.311. The molecule has 150 valence electrons. The van der Waals surface area contributed by atoms with Gasteiger partial charge in [0, 0.05) is 12.1 Å². The van der Waals surface area contributed by atoms with Crippen molar-refractivity contribution in [2.24, 2.45) is 5.92 Å². The number of halogens is 1. The van der Waals surface area contributed by atoms with Crippen molar-refractivity contribution in [1.29, 1.82) is 0 Å². The van der Waals surface area contributed by atoms with Crippen molar-refractivity contribution < 1.29 is 9.18 Å². The van der Waals surface area contributed by atoms with Crippen molar-refractivity contribution in [2.45, 2.75) is 32.7 Å². The molecule has 5 nitrogen and oxygen atoms in total. The molecular formula is C23H25FN4O. The van der Waals surface area contributed by atoms with E-state index in [2.05, 4.69) is 46.9 Å². The van der Waals surface area contributed by atoms with E-state index in [0.717, 1.165) is 5.69 Å². The summed E-state index contributed by atoms with van der Waals surface area (Å²) in [4.78, 5) is 12.6. The summed E-state index contributed by atoms with van der Waals surface area (Å²) in [6, 6.07) is 16.5. The van der Waals surface area contributed by atoms with Gasteiger partial charge in [0.25, 0.3) is 0 Å². The molecule has 1 heterocycles. The molecule has 1 saturated carbocycles. The van der Waals surface area contributed by atoms with Crippen LogP contribution in [0.1, 0.15) is 35.7 Å². The Hall–Kier alpha value is -2.99. The number of benzene rings is 2. The van der Waals surface area contributed by atoms with E-state index in [9.17, 15) is 9.18 Å². The molecule has 1 fully saturated rings. The van der Waals surface area contributed by atoms with Gasteiger partial charge in [-0.05, 0) is 62.4 Å². The maximum absolute atomic E-state index is 13.2. The maximum Gasteiger partial charge on any atom is 0.239 e. The molecule has 0 spiro atoms. The molecule has 4 rings (SSSR count). The zero-order chi connectivity index (χ0) is 20.4. The van der Waals surface area contributed by atoms with E-state index in [4.69, 9.17) is 0 Å². The highest BCUT2D eigenvalue weighted by molar-refractivity contribution is 5.91. The van der Waals surface area contributed by atoms with Crippen LogP contribution in [0.2, 0.25) is 0 Å². The predicted octanol–water partition coefficient (Wildman–Crippen LogP) is 4.31. The van der Waals surface area contributed by atoms with Gasteiger partial charge >= 0.3 is 0 Å². The van der Waals surface area contributed by atoms with Crippen LogP contribution >= 0.6 is 0 Å². The summed E-state index contributed by atoms with van der Waals surface area (Å²) in [5.74, 6) is 0.706. The third-order valence-corrected chi connectivity index (χ3v) is 5.18. The van der Waals surface area contributed by atoms with Gasteiger partial charge in [-0.25, -0.2) is 9.07 Å². The van der Waals surface area contributed by atoms with Crippen molar-refractivity contribution in [3.05, 3.63) is 77.2 Å². The number of hydrogen-bond acceptors (Lipinski definition) is 3. The van der Waals surface area contributed by atoms with Gasteiger partial charge in [-0.1, -0.05) is 29.8 Å². The Morgan fingerprint density at radius 3 is 2.48 bits per heavy atom. The van der Waals surface area contributed by atoms with E-state index in [-0.39, 0.29) is 24.3 Å². The van der Waals surface area contributed by atoms with Crippen LogP contribution in [-0.2, 0) is 4.79 Å². The molecule has 6 heteroatoms. The highest BCUT2D eigenvalue weighted by Gasteiger charge is 2.32. The van der Waals surface area contributed by atoms with Crippen molar-refractivity contribution in [3.63, 3.8) is 0 Å². The summed E-state index contributed by atoms with van der Waals surface area (Å²) < 4.78 is 14.8. The number of nitrogens with zero attached hydrogens (tertiary/aromatic N) is 2. The Balaban J connectivity index is 1.43. The van der Waals surface area contributed by atoms with E-state index in [1.54, 1.807) is 22.9 Å². The van der Waals surface area contributed by atoms with Crippen LogP contribution < -0.4 is 10.6 Å². The lowest BCUT2D eigenvalue weighted by Crippen LogP contribution is -2.32. The Kier molecular flexibility index (Phi) is 5.45. The number of hydrogen-bond donors (Lipinski definition) is 2. The molecule has 29 heavy (non-hydrogen) atoms. The molecule has 1 aromatic heterocycles. The molecule has 1 aliphatic carbocycles. The van der Waals surface area contributed by atoms with Gasteiger partial charge in [0.1, 0.15) is 11.6 Å². The number of aromatic nitrogens is 2. The molecule has 3 aromatic rings. The van der Waals surface area contributed by atoms with Gasteiger partial charge in [0.15, 0.2) is 0 Å². The molecule has 2 N–H and O–H groups in total. The SMILES string of the molecule is Cc1ccc(C(NCC(=O)Nc2cc(C)nn2-c2ccc(F)cc2)C2CC2)cc1. The highest BCUT2D eigenvalue weighted by atomic mass is 19.1. The van der Waals surface area contributed by atoms with E-state index in [1.165, 1.54) is 36.1 Å². The number of carbonyl (C=O) groups is 1. The molecular weight excluding hydrogens is 367 g/mol. The lowest BCUT2D eigenvalue weighted by atomic mass is 10.0. The normalized spacial score (nSPS) is 14.6. The molecule has 0 bridgehead atoms. The summed E-state index contributed by atoms with van der Waals surface area (Å²) in [6.45, 7) is 4.14. The van der Waals surface area contributed by atoms with Gasteiger partial charge in [-0.2, -0.15) is 5.10 Å². The topological polar surface area (TPSA) is 59.0 Å². The second-order valence-electron chi connectivity index (χ2n) is 7.71. The Morgan fingerprint density at radius 1 is 1.14 bits per heavy atom. The second-order valence-corrected chi connectivity index (χ2v) is 7.71. The zero-order valence-electron chi connectivity index (χ0n) is 16.7. The minimum Gasteiger partial charge on any atom is -0.309 e. The summed E-state index contributed by atoms with van der Waals surface area (Å²) in [5.41, 5.74) is 3.91. The van der Waals surface area contributed by atoms with Crippen LogP contribution in [0.4, 0.5) is 10.2 Å². The number of nitrogens with one attached hydrogen (secondary N) is 2. The number of anilines is 1. The molecule has 0 radical (unpaired) electrons. The average Bonchev–Trinajstić information content (AvgIpc) is 3.47. The summed E-state index contributed by atoms with van der Waals surface area (Å²) >= 11 is 0. The molecule has 1 unspecified atom stereocenters. The van der Waals surface area contributed by atoms with Crippen LogP contribution in [0.25, 0.3) is 5.69 Å². The van der Waals surface area contributed by atoms with E-state index in [0.29, 0.717) is 17.4 Å². The second kappa shape index (κ2) is 8.17. The Labute approximate surface area is 169 Å². The molecule has 1 amide bonds. The van der Waals surface area contributed by atoms with E-state index in [1.807, 2.05) is 6.92 Å². The molecule has 2 aromatic carbocycles. The summed E-state index contributed by atoms with van der Waals surface area (Å²) in [5, 5.41) is 10.8. The summed E-state index contributed by atoms with van der Waals surface area (Å²) in [6.07, 6.45) is 2.37. The molecule has 0 aliphatic heterocycles. The fourth-order valence-electron chi connectivity index (χ4n) is 3.52. The first-order chi connectivity index (χ1) is 14.0. The molecule has 1 atom stereocenters. The first-order valence-electron chi connectivity index (χ1n) is 9.92. The number of aryl methyl sites for hydroxylation is 2. The first kappa shape index (κ1) is 19.3. The Bertz CT molecular complexity index is 991. The summed E-state index contributed by atoms with van der Waals surface area (Å²) in [7, 11) is 0. The molecule has 1 aliphatic rings. The monoisotopic (exact) mass is 392 g/mol. The lowest BCUT2D eigenvalue weighted by Gasteiger charge is -2.19. The van der Waals surface area contributed by atoms with Crippen LogP contribution in [0, 0.1) is 25.6 Å². The minimum absolute atomic E-state index is 0.133. The first-order valence-corrected chi connectivity index (χ1v) is 9.92. The fraction of sp³-hybridized carbons (Fsp3) is 0.304. The number of amides is 1. The number of rotatable bonds is 7. The lowest BCUT2D eigenvalue weighted by molar-refractivity contribution is -0.115. The number of carbonyl (C=O) groups excluding carboxylic acids is 1. The third-order valence-electron chi connectivity index (χ3n) is 5.18. The van der Waals surface area contributed by atoms with Gasteiger partial charge in [0.2, 0.25) is 5.91 Å². The van der Waals surface area contributed by atoms with Gasteiger partial charge in [-0.15, -0.1) is 0 Å². The standard InChI is InChI=1S/C23H25FN4O/c1-15-3-5-17(6-4-15)23(18-7-8-18)25-14-22(29)26-21-13-16(2)27-28(21)20-11-9-19(24)10-12-20/h3-6,9-13,18,23,25H,7-8,14H2,1-2H3,(H,26,29). The largest absolute Gasteiger partial charge is 0.309 e. The van der Waals surface area contributed by atoms with Crippen LogP contribution in [0.5, 0.6) is 0 Å². The highest BCUT2D eigenvalue weighted by Crippen LogP contribution is 2.40. The smallest absolute Gasteiger partial charge is 0.239 e. The predicted molar refractivity (Wildman–Crippen MR) is 112 cm³/mol. The molecule has 0 saturated heterocycles. The van der Waals surface area contributed by atoms with Gasteiger partial charge < -0.3 is 10.6 Å². The quantitative estimate of drug-likeness (QED) is 0.630. The average molecular weight is 392 g/mol.